The van der Waals surface area contributed by atoms with Gasteiger partial charge in [0.25, 0.3) is 0 Å². The Hall–Kier alpha value is -1.59. The van der Waals surface area contributed by atoms with Gasteiger partial charge >= 0.3 is 0 Å². The average molecular weight is 314 g/mol. The maximum atomic E-state index is 12.7. The van der Waals surface area contributed by atoms with E-state index in [1.807, 2.05) is 0 Å². The Morgan fingerprint density at radius 3 is 2.70 bits per heavy atom. The van der Waals surface area contributed by atoms with E-state index in [0.717, 1.165) is 52.2 Å². The second-order valence-electron chi connectivity index (χ2n) is 7.10. The van der Waals surface area contributed by atoms with Gasteiger partial charge in [-0.05, 0) is 25.1 Å². The van der Waals surface area contributed by atoms with Crippen LogP contribution in [0.25, 0.3) is 0 Å². The average Bonchev–Trinajstić information content (AvgIpc) is 2.94. The van der Waals surface area contributed by atoms with Crippen LogP contribution in [-0.4, -0.2) is 86.1 Å². The van der Waals surface area contributed by atoms with Crippen molar-refractivity contribution >= 4 is 11.6 Å². The molecule has 124 valence electrons. The molecule has 3 heterocycles. The van der Waals surface area contributed by atoms with Crippen LogP contribution < -0.4 is 4.90 Å². The van der Waals surface area contributed by atoms with E-state index in [9.17, 15) is 4.79 Å². The number of carbonyl (C=O) groups is 1. The predicted octanol–water partition coefficient (Wildman–Crippen LogP) is 0.507. The Morgan fingerprint density at radius 2 is 1.87 bits per heavy atom. The molecule has 1 aromatic rings. The molecule has 1 aromatic carbocycles. The molecule has 0 N–H and O–H groups in total. The van der Waals surface area contributed by atoms with Gasteiger partial charge in [0, 0.05) is 51.5 Å². The van der Waals surface area contributed by atoms with Crippen molar-refractivity contribution in [3.05, 3.63) is 29.8 Å². The molecule has 1 amide bonds. The Morgan fingerprint density at radius 1 is 1.09 bits per heavy atom. The molecule has 0 spiro atoms. The topological polar surface area (TPSA) is 30.0 Å². The Kier molecular flexibility index (Phi) is 3.99. The SMILES string of the molecule is CN1CCN(CC(=O)N2CCN3c4ccccc4C[C@H]3C2)CC1. The van der Waals surface area contributed by atoms with Gasteiger partial charge in [-0.15, -0.1) is 0 Å². The first-order valence-corrected chi connectivity index (χ1v) is 8.74. The fraction of sp³-hybridized carbons (Fsp3) is 0.611. The van der Waals surface area contributed by atoms with E-state index in [1.165, 1.54) is 11.3 Å². The summed E-state index contributed by atoms with van der Waals surface area (Å²) in [5.74, 6) is 0.310. The fourth-order valence-electron chi connectivity index (χ4n) is 4.09. The van der Waals surface area contributed by atoms with Crippen LogP contribution in [-0.2, 0) is 11.2 Å². The van der Waals surface area contributed by atoms with E-state index >= 15 is 0 Å². The number of hydrogen-bond acceptors (Lipinski definition) is 4. The van der Waals surface area contributed by atoms with E-state index in [0.29, 0.717) is 18.5 Å². The predicted molar refractivity (Wildman–Crippen MR) is 91.8 cm³/mol. The number of nitrogens with zero attached hydrogens (tertiary/aromatic N) is 4. The highest BCUT2D eigenvalue weighted by Crippen LogP contribution is 2.33. The Labute approximate surface area is 138 Å². The largest absolute Gasteiger partial charge is 0.364 e. The number of anilines is 1. The van der Waals surface area contributed by atoms with Gasteiger partial charge in [-0.1, -0.05) is 18.2 Å². The number of rotatable bonds is 2. The second-order valence-corrected chi connectivity index (χ2v) is 7.10. The first-order valence-electron chi connectivity index (χ1n) is 8.74. The van der Waals surface area contributed by atoms with Crippen LogP contribution in [0.15, 0.2) is 24.3 Å². The molecule has 0 saturated carbocycles. The number of benzene rings is 1. The zero-order valence-corrected chi connectivity index (χ0v) is 13.9. The molecule has 23 heavy (non-hydrogen) atoms. The molecule has 2 fully saturated rings. The van der Waals surface area contributed by atoms with Gasteiger partial charge in [0.15, 0.2) is 0 Å². The van der Waals surface area contributed by atoms with E-state index in [2.05, 4.69) is 50.9 Å². The number of para-hydroxylation sites is 1. The van der Waals surface area contributed by atoms with Crippen molar-refractivity contribution in [1.82, 2.24) is 14.7 Å². The molecule has 5 heteroatoms. The summed E-state index contributed by atoms with van der Waals surface area (Å²) in [5, 5.41) is 0. The summed E-state index contributed by atoms with van der Waals surface area (Å²) in [4.78, 5) is 21.9. The second kappa shape index (κ2) is 6.13. The lowest BCUT2D eigenvalue weighted by Gasteiger charge is -2.40. The van der Waals surface area contributed by atoms with Crippen molar-refractivity contribution in [1.29, 1.82) is 0 Å². The highest BCUT2D eigenvalue weighted by atomic mass is 16.2. The van der Waals surface area contributed by atoms with Crippen molar-refractivity contribution in [3.8, 4) is 0 Å². The summed E-state index contributed by atoms with van der Waals surface area (Å²) < 4.78 is 0. The third-order valence-corrected chi connectivity index (χ3v) is 5.55. The minimum atomic E-state index is 0.310. The van der Waals surface area contributed by atoms with E-state index in [-0.39, 0.29) is 0 Å². The van der Waals surface area contributed by atoms with Crippen molar-refractivity contribution in [2.75, 3.05) is 64.3 Å². The molecule has 5 nitrogen and oxygen atoms in total. The standard InChI is InChI=1S/C18H26N4O/c1-19-6-8-20(9-7-19)14-18(23)21-10-11-22-16(13-21)12-15-4-2-3-5-17(15)22/h2-5,16H,6-14H2,1H3/t16-/m0/s1. The molecular formula is C18H26N4O. The molecule has 4 rings (SSSR count). The molecule has 0 aromatic heterocycles. The monoisotopic (exact) mass is 314 g/mol. The summed E-state index contributed by atoms with van der Waals surface area (Å²) in [6.07, 6.45) is 1.08. The van der Waals surface area contributed by atoms with Crippen molar-refractivity contribution in [3.63, 3.8) is 0 Å². The molecular weight excluding hydrogens is 288 g/mol. The summed E-state index contributed by atoms with van der Waals surface area (Å²) >= 11 is 0. The van der Waals surface area contributed by atoms with Crippen molar-refractivity contribution < 1.29 is 4.79 Å². The Balaban J connectivity index is 1.35. The van der Waals surface area contributed by atoms with Gasteiger partial charge in [0.2, 0.25) is 5.91 Å². The zero-order valence-electron chi connectivity index (χ0n) is 13.9. The van der Waals surface area contributed by atoms with Crippen molar-refractivity contribution in [2.45, 2.75) is 12.5 Å². The normalized spacial score (nSPS) is 25.3. The maximum Gasteiger partial charge on any atom is 0.236 e. The molecule has 0 radical (unpaired) electrons. The van der Waals surface area contributed by atoms with E-state index in [1.54, 1.807) is 0 Å². The highest BCUT2D eigenvalue weighted by molar-refractivity contribution is 5.79. The van der Waals surface area contributed by atoms with Gasteiger partial charge in [-0.3, -0.25) is 9.69 Å². The Bertz CT molecular complexity index is 582. The smallest absolute Gasteiger partial charge is 0.236 e. The number of likely N-dealkylation sites (N-methyl/N-ethyl adjacent to an activating group) is 1. The molecule has 3 aliphatic rings. The third-order valence-electron chi connectivity index (χ3n) is 5.55. The molecule has 3 aliphatic heterocycles. The quantitative estimate of drug-likeness (QED) is 0.796. The zero-order chi connectivity index (χ0) is 15.8. The summed E-state index contributed by atoms with van der Waals surface area (Å²) in [6, 6.07) is 9.15. The number of fused-ring (bicyclic) bond motifs is 3. The first-order chi connectivity index (χ1) is 11.2. The fourth-order valence-corrected chi connectivity index (χ4v) is 4.09. The van der Waals surface area contributed by atoms with Crippen LogP contribution in [0, 0.1) is 0 Å². The molecule has 1 atom stereocenters. The van der Waals surface area contributed by atoms with Gasteiger partial charge in [0.1, 0.15) is 0 Å². The maximum absolute atomic E-state index is 12.7. The molecule has 0 unspecified atom stereocenters. The van der Waals surface area contributed by atoms with Crippen LogP contribution in [0.5, 0.6) is 0 Å². The van der Waals surface area contributed by atoms with Crippen LogP contribution in [0.1, 0.15) is 5.56 Å². The van der Waals surface area contributed by atoms with Gasteiger partial charge in [0.05, 0.1) is 12.6 Å². The van der Waals surface area contributed by atoms with Gasteiger partial charge < -0.3 is 14.7 Å². The molecule has 0 aliphatic carbocycles. The van der Waals surface area contributed by atoms with Crippen LogP contribution in [0.2, 0.25) is 0 Å². The first kappa shape index (κ1) is 15.0. The van der Waals surface area contributed by atoms with Crippen LogP contribution >= 0.6 is 0 Å². The number of amides is 1. The lowest BCUT2D eigenvalue weighted by atomic mass is 10.1. The number of carbonyl (C=O) groups excluding carboxylic acids is 1. The summed E-state index contributed by atoms with van der Waals surface area (Å²) in [6.45, 7) is 7.45. The van der Waals surface area contributed by atoms with Gasteiger partial charge in [-0.25, -0.2) is 0 Å². The third kappa shape index (κ3) is 2.95. The van der Waals surface area contributed by atoms with Gasteiger partial charge in [-0.2, -0.15) is 0 Å². The lowest BCUT2D eigenvalue weighted by Crippen LogP contribution is -2.56. The number of hydrogen-bond donors (Lipinski definition) is 0. The highest BCUT2D eigenvalue weighted by Gasteiger charge is 2.35. The van der Waals surface area contributed by atoms with Crippen LogP contribution in [0.4, 0.5) is 5.69 Å². The van der Waals surface area contributed by atoms with Crippen LogP contribution in [0.3, 0.4) is 0 Å². The van der Waals surface area contributed by atoms with Crippen molar-refractivity contribution in [2.24, 2.45) is 0 Å². The lowest BCUT2D eigenvalue weighted by molar-refractivity contribution is -0.133. The summed E-state index contributed by atoms with van der Waals surface area (Å²) in [5.41, 5.74) is 2.81. The number of piperazine rings is 2. The molecule has 2 saturated heterocycles. The minimum Gasteiger partial charge on any atom is -0.364 e. The molecule has 0 bridgehead atoms. The summed E-state index contributed by atoms with van der Waals surface area (Å²) in [7, 11) is 2.15. The van der Waals surface area contributed by atoms with E-state index in [4.69, 9.17) is 0 Å². The minimum absolute atomic E-state index is 0.310. The van der Waals surface area contributed by atoms with E-state index < -0.39 is 0 Å².